The molecule has 1 unspecified atom stereocenters. The zero-order valence-corrected chi connectivity index (χ0v) is 13.2. The predicted octanol–water partition coefficient (Wildman–Crippen LogP) is 3.55. The highest BCUT2D eigenvalue weighted by Crippen LogP contribution is 2.19. The van der Waals surface area contributed by atoms with Crippen molar-refractivity contribution in [3.05, 3.63) is 59.7 Å². The molecule has 0 radical (unpaired) electrons. The number of rotatable bonds is 5. The van der Waals surface area contributed by atoms with Crippen molar-refractivity contribution in [3.63, 3.8) is 0 Å². The molecule has 0 saturated heterocycles. The van der Waals surface area contributed by atoms with Crippen LogP contribution >= 0.6 is 0 Å². The molecule has 2 rings (SSSR count). The number of nitrogens with two attached hydrogens (primary N) is 1. The van der Waals surface area contributed by atoms with Gasteiger partial charge in [-0.2, -0.15) is 0 Å². The number of anilines is 1. The van der Waals surface area contributed by atoms with Gasteiger partial charge in [0, 0.05) is 11.3 Å². The first-order valence-corrected chi connectivity index (χ1v) is 7.38. The summed E-state index contributed by atoms with van der Waals surface area (Å²) in [6.07, 6.45) is 0.145. The summed E-state index contributed by atoms with van der Waals surface area (Å²) in [7, 11) is 0. The fourth-order valence-corrected chi connectivity index (χ4v) is 2.15. The van der Waals surface area contributed by atoms with Gasteiger partial charge in [0.15, 0.2) is 0 Å². The van der Waals surface area contributed by atoms with E-state index in [4.69, 9.17) is 10.5 Å². The Bertz CT molecular complexity index is 636. The normalized spacial score (nSPS) is 12.0. The van der Waals surface area contributed by atoms with Crippen LogP contribution in [-0.2, 0) is 0 Å². The minimum Gasteiger partial charge on any atom is -0.491 e. The SMILES string of the molecule is CC(C)Oc1ccc(C(C)NC(=O)c2cccc(N)c2)cc1. The van der Waals surface area contributed by atoms with E-state index in [1.165, 1.54) is 0 Å². The lowest BCUT2D eigenvalue weighted by Gasteiger charge is -2.16. The number of nitrogen functional groups attached to an aromatic ring is 1. The molecular formula is C18H22N2O2. The van der Waals surface area contributed by atoms with Crippen LogP contribution in [0.4, 0.5) is 5.69 Å². The third-order valence-electron chi connectivity index (χ3n) is 3.25. The Kier molecular flexibility index (Phi) is 5.04. The molecule has 22 heavy (non-hydrogen) atoms. The molecule has 1 amide bonds. The Morgan fingerprint density at radius 2 is 1.77 bits per heavy atom. The molecule has 0 bridgehead atoms. The summed E-state index contributed by atoms with van der Waals surface area (Å²) < 4.78 is 5.61. The quantitative estimate of drug-likeness (QED) is 0.830. The Labute approximate surface area is 131 Å². The van der Waals surface area contributed by atoms with Crippen molar-refractivity contribution in [2.24, 2.45) is 0 Å². The third-order valence-corrected chi connectivity index (χ3v) is 3.25. The minimum absolute atomic E-state index is 0.0953. The van der Waals surface area contributed by atoms with E-state index < -0.39 is 0 Å². The van der Waals surface area contributed by atoms with Gasteiger partial charge in [0.05, 0.1) is 12.1 Å². The van der Waals surface area contributed by atoms with E-state index in [1.807, 2.05) is 45.0 Å². The lowest BCUT2D eigenvalue weighted by Crippen LogP contribution is -2.26. The number of carbonyl (C=O) groups is 1. The van der Waals surface area contributed by atoms with Gasteiger partial charge in [-0.05, 0) is 56.7 Å². The van der Waals surface area contributed by atoms with E-state index in [0.29, 0.717) is 11.3 Å². The van der Waals surface area contributed by atoms with E-state index in [9.17, 15) is 4.79 Å². The highest BCUT2D eigenvalue weighted by Gasteiger charge is 2.11. The molecule has 0 fully saturated rings. The summed E-state index contributed by atoms with van der Waals surface area (Å²) in [6.45, 7) is 5.92. The van der Waals surface area contributed by atoms with E-state index in [-0.39, 0.29) is 18.1 Å². The van der Waals surface area contributed by atoms with Gasteiger partial charge in [-0.25, -0.2) is 0 Å². The highest BCUT2D eigenvalue weighted by molar-refractivity contribution is 5.95. The number of benzene rings is 2. The van der Waals surface area contributed by atoms with Crippen LogP contribution in [0.2, 0.25) is 0 Å². The van der Waals surface area contributed by atoms with E-state index in [2.05, 4.69) is 5.32 Å². The lowest BCUT2D eigenvalue weighted by molar-refractivity contribution is 0.0940. The monoisotopic (exact) mass is 298 g/mol. The molecular weight excluding hydrogens is 276 g/mol. The first-order valence-electron chi connectivity index (χ1n) is 7.38. The van der Waals surface area contributed by atoms with E-state index >= 15 is 0 Å². The first-order chi connectivity index (χ1) is 10.5. The second-order valence-electron chi connectivity index (χ2n) is 5.56. The Hall–Kier alpha value is -2.49. The van der Waals surface area contributed by atoms with Crippen molar-refractivity contribution in [2.75, 3.05) is 5.73 Å². The molecule has 4 heteroatoms. The second-order valence-corrected chi connectivity index (χ2v) is 5.56. The molecule has 0 aromatic heterocycles. The zero-order valence-electron chi connectivity index (χ0n) is 13.2. The maximum absolute atomic E-state index is 12.2. The molecule has 0 aliphatic heterocycles. The third kappa shape index (κ3) is 4.25. The number of amides is 1. The summed E-state index contributed by atoms with van der Waals surface area (Å²) in [6, 6.07) is 14.6. The van der Waals surface area contributed by atoms with Crippen molar-refractivity contribution in [1.29, 1.82) is 0 Å². The van der Waals surface area contributed by atoms with Crippen molar-refractivity contribution in [1.82, 2.24) is 5.32 Å². The number of ether oxygens (including phenoxy) is 1. The van der Waals surface area contributed by atoms with Crippen molar-refractivity contribution in [2.45, 2.75) is 32.9 Å². The molecule has 2 aromatic rings. The number of nitrogens with one attached hydrogen (secondary N) is 1. The van der Waals surface area contributed by atoms with Crippen molar-refractivity contribution >= 4 is 11.6 Å². The smallest absolute Gasteiger partial charge is 0.251 e. The molecule has 0 aliphatic rings. The lowest BCUT2D eigenvalue weighted by atomic mass is 10.1. The van der Waals surface area contributed by atoms with Crippen LogP contribution < -0.4 is 15.8 Å². The van der Waals surface area contributed by atoms with E-state index in [1.54, 1.807) is 24.3 Å². The number of carbonyl (C=O) groups excluding carboxylic acids is 1. The van der Waals surface area contributed by atoms with Crippen molar-refractivity contribution in [3.8, 4) is 5.75 Å². The Balaban J connectivity index is 2.02. The van der Waals surface area contributed by atoms with Crippen LogP contribution in [0.1, 0.15) is 42.7 Å². The first kappa shape index (κ1) is 15.9. The van der Waals surface area contributed by atoms with Gasteiger partial charge in [-0.1, -0.05) is 18.2 Å². The van der Waals surface area contributed by atoms with E-state index in [0.717, 1.165) is 11.3 Å². The Morgan fingerprint density at radius 1 is 1.09 bits per heavy atom. The standard InChI is InChI=1S/C18H22N2O2/c1-12(2)22-17-9-7-14(8-10-17)13(3)20-18(21)15-5-4-6-16(19)11-15/h4-13H,19H2,1-3H3,(H,20,21). The molecule has 0 heterocycles. The van der Waals surface area contributed by atoms with Crippen LogP contribution in [0.3, 0.4) is 0 Å². The molecule has 2 aromatic carbocycles. The summed E-state index contributed by atoms with van der Waals surface area (Å²) in [5.41, 5.74) is 7.86. The van der Waals surface area contributed by atoms with Gasteiger partial charge in [0.1, 0.15) is 5.75 Å². The maximum atomic E-state index is 12.2. The average Bonchev–Trinajstić information content (AvgIpc) is 2.47. The molecule has 116 valence electrons. The molecule has 0 aliphatic carbocycles. The molecule has 3 N–H and O–H groups in total. The molecule has 0 spiro atoms. The van der Waals surface area contributed by atoms with Gasteiger partial charge < -0.3 is 15.8 Å². The predicted molar refractivity (Wildman–Crippen MR) is 88.9 cm³/mol. The van der Waals surface area contributed by atoms with Crippen LogP contribution in [-0.4, -0.2) is 12.0 Å². The highest BCUT2D eigenvalue weighted by atomic mass is 16.5. The van der Waals surface area contributed by atoms with Gasteiger partial charge in [0.25, 0.3) is 5.91 Å². The van der Waals surface area contributed by atoms with Gasteiger partial charge in [0.2, 0.25) is 0 Å². The second kappa shape index (κ2) is 6.98. The fraction of sp³-hybridized carbons (Fsp3) is 0.278. The topological polar surface area (TPSA) is 64.3 Å². The molecule has 1 atom stereocenters. The summed E-state index contributed by atoms with van der Waals surface area (Å²) in [5, 5.41) is 2.96. The van der Waals surface area contributed by atoms with Gasteiger partial charge in [-0.3, -0.25) is 4.79 Å². The largest absolute Gasteiger partial charge is 0.491 e. The number of hydrogen-bond acceptors (Lipinski definition) is 3. The summed E-state index contributed by atoms with van der Waals surface area (Å²) in [5.74, 6) is 0.690. The molecule has 0 saturated carbocycles. The average molecular weight is 298 g/mol. The Morgan fingerprint density at radius 3 is 2.36 bits per heavy atom. The zero-order chi connectivity index (χ0) is 16.1. The van der Waals surface area contributed by atoms with Gasteiger partial charge >= 0.3 is 0 Å². The van der Waals surface area contributed by atoms with Gasteiger partial charge in [-0.15, -0.1) is 0 Å². The summed E-state index contributed by atoms with van der Waals surface area (Å²) in [4.78, 5) is 12.2. The number of hydrogen-bond donors (Lipinski definition) is 2. The minimum atomic E-state index is -0.137. The van der Waals surface area contributed by atoms with Crippen molar-refractivity contribution < 1.29 is 9.53 Å². The van der Waals surface area contributed by atoms with Crippen LogP contribution in [0.15, 0.2) is 48.5 Å². The van der Waals surface area contributed by atoms with Crippen LogP contribution in [0, 0.1) is 0 Å². The van der Waals surface area contributed by atoms with Crippen LogP contribution in [0.5, 0.6) is 5.75 Å². The molecule has 4 nitrogen and oxygen atoms in total. The fourth-order valence-electron chi connectivity index (χ4n) is 2.15. The summed E-state index contributed by atoms with van der Waals surface area (Å²) >= 11 is 0. The van der Waals surface area contributed by atoms with Crippen LogP contribution in [0.25, 0.3) is 0 Å². The maximum Gasteiger partial charge on any atom is 0.251 e.